The molecule has 0 amide bonds. The van der Waals surface area contributed by atoms with Crippen LogP contribution in [0.1, 0.15) is 284 Å². The Morgan fingerprint density at radius 1 is 0.373 bits per heavy atom. The molecule has 0 aliphatic heterocycles. The fourth-order valence-corrected chi connectivity index (χ4v) is 9.31. The van der Waals surface area contributed by atoms with E-state index in [-0.39, 0.29) is 38.6 Å². The lowest BCUT2D eigenvalue weighted by atomic mass is 10.0. The van der Waals surface area contributed by atoms with Gasteiger partial charge in [0.1, 0.15) is 13.2 Å². The first-order valence-electron chi connectivity index (χ1n) is 34.0. The van der Waals surface area contributed by atoms with Crippen LogP contribution in [-0.2, 0) is 33.3 Å². The molecular formula is C74H127NO8. The van der Waals surface area contributed by atoms with Crippen LogP contribution in [0.5, 0.6) is 0 Å². The molecule has 2 unspecified atom stereocenters. The molecule has 0 aromatic heterocycles. The first-order chi connectivity index (χ1) is 40.6. The highest BCUT2D eigenvalue weighted by Crippen LogP contribution is 2.17. The van der Waals surface area contributed by atoms with Gasteiger partial charge in [0.25, 0.3) is 0 Å². The lowest BCUT2D eigenvalue weighted by molar-refractivity contribution is -0.870. The number of carboxylic acid groups (broad SMARTS) is 1. The number of carbonyl (C=O) groups excluding carboxylic acids is 3. The van der Waals surface area contributed by atoms with E-state index in [4.69, 9.17) is 18.9 Å². The van der Waals surface area contributed by atoms with Gasteiger partial charge in [0.15, 0.2) is 12.4 Å². The lowest BCUT2D eigenvalue weighted by Crippen LogP contribution is -2.44. The van der Waals surface area contributed by atoms with E-state index >= 15 is 0 Å². The number of hydrogen-bond acceptors (Lipinski definition) is 8. The summed E-state index contributed by atoms with van der Waals surface area (Å²) in [6.45, 7) is 4.62. The highest BCUT2D eigenvalue weighted by atomic mass is 16.7. The number of rotatable bonds is 62. The molecule has 0 aliphatic carbocycles. The fraction of sp³-hybridized carbons (Fsp3) is 0.716. The van der Waals surface area contributed by atoms with Crippen LogP contribution < -0.4 is 5.11 Å². The Hall–Kier alpha value is -4.05. The van der Waals surface area contributed by atoms with Gasteiger partial charge < -0.3 is 33.3 Å². The molecule has 9 heteroatoms. The maximum Gasteiger partial charge on any atom is 0.306 e. The van der Waals surface area contributed by atoms with Crippen molar-refractivity contribution in [3.63, 3.8) is 0 Å². The molecule has 0 bridgehead atoms. The Morgan fingerprint density at radius 2 is 0.687 bits per heavy atom. The van der Waals surface area contributed by atoms with Gasteiger partial charge in [-0.05, 0) is 103 Å². The SMILES string of the molecule is CC/C=C\C/C=C\C/C=C\C/C=C\C/C=C\C/C=C\CCCCCCCCCCCCCCCCCCCCC(=O)OC(COC(=O)CCCCCCCC/C=C\C/C=C\C/C=C\CCCCCCC)COC(OCC[N+](C)(C)C)C(=O)[O-]. The van der Waals surface area contributed by atoms with Crippen molar-refractivity contribution in [1.82, 2.24) is 0 Å². The summed E-state index contributed by atoms with van der Waals surface area (Å²) < 4.78 is 22.8. The summed E-state index contributed by atoms with van der Waals surface area (Å²) in [4.78, 5) is 37.4. The summed E-state index contributed by atoms with van der Waals surface area (Å²) >= 11 is 0. The second-order valence-corrected chi connectivity index (χ2v) is 23.7. The summed E-state index contributed by atoms with van der Waals surface area (Å²) in [7, 11) is 5.92. The highest BCUT2D eigenvalue weighted by molar-refractivity contribution is 5.70. The summed E-state index contributed by atoms with van der Waals surface area (Å²) in [5, 5.41) is 11.8. The van der Waals surface area contributed by atoms with E-state index in [1.165, 1.54) is 148 Å². The number of allylic oxidation sites excluding steroid dienone is 18. The maximum absolute atomic E-state index is 12.9. The van der Waals surface area contributed by atoms with Crippen molar-refractivity contribution in [3.8, 4) is 0 Å². The van der Waals surface area contributed by atoms with Gasteiger partial charge in [-0.15, -0.1) is 0 Å². The van der Waals surface area contributed by atoms with Crippen molar-refractivity contribution in [1.29, 1.82) is 0 Å². The quantitative estimate of drug-likeness (QED) is 0.0195. The Labute approximate surface area is 511 Å². The number of ether oxygens (including phenoxy) is 4. The maximum atomic E-state index is 12.9. The predicted octanol–water partition coefficient (Wildman–Crippen LogP) is 19.7. The average Bonchev–Trinajstić information content (AvgIpc) is 3.46. The van der Waals surface area contributed by atoms with Crippen LogP contribution in [0.3, 0.4) is 0 Å². The van der Waals surface area contributed by atoms with Gasteiger partial charge >= 0.3 is 11.9 Å². The number of nitrogens with zero attached hydrogens (tertiary/aromatic N) is 1. The number of hydrogen-bond donors (Lipinski definition) is 0. The van der Waals surface area contributed by atoms with Gasteiger partial charge in [-0.3, -0.25) is 9.59 Å². The van der Waals surface area contributed by atoms with Crippen molar-refractivity contribution in [2.24, 2.45) is 0 Å². The third-order valence-corrected chi connectivity index (χ3v) is 14.5. The van der Waals surface area contributed by atoms with E-state index < -0.39 is 24.3 Å². The third kappa shape index (κ3) is 65.3. The monoisotopic (exact) mass is 1160 g/mol. The highest BCUT2D eigenvalue weighted by Gasteiger charge is 2.22. The number of carboxylic acids is 1. The smallest absolute Gasteiger partial charge is 0.306 e. The molecule has 83 heavy (non-hydrogen) atoms. The summed E-state index contributed by atoms with van der Waals surface area (Å²) in [6, 6.07) is 0. The summed E-state index contributed by atoms with van der Waals surface area (Å²) in [6.07, 6.45) is 85.9. The summed E-state index contributed by atoms with van der Waals surface area (Å²) in [5.74, 6) is -2.30. The lowest BCUT2D eigenvalue weighted by Gasteiger charge is -2.26. The molecule has 0 fully saturated rings. The van der Waals surface area contributed by atoms with E-state index in [0.29, 0.717) is 17.4 Å². The van der Waals surface area contributed by atoms with Crippen LogP contribution in [0, 0.1) is 0 Å². The summed E-state index contributed by atoms with van der Waals surface area (Å²) in [5.41, 5.74) is 0. The molecule has 0 rings (SSSR count). The fourth-order valence-electron chi connectivity index (χ4n) is 9.31. The van der Waals surface area contributed by atoms with E-state index in [0.717, 1.165) is 103 Å². The van der Waals surface area contributed by atoms with Crippen molar-refractivity contribution in [3.05, 3.63) is 109 Å². The standard InChI is InChI=1S/C74H127NO8/c1-6-8-10-12-14-16-18-20-22-24-26-28-29-30-31-32-33-34-35-36-37-38-39-40-41-42-43-45-47-49-51-53-55-57-59-61-63-65-72(77)83-70(69-82-74(73(78)79)80-67-66-75(3,4)5)68-81-71(76)64-62-60-58-56-54-52-50-48-46-44-27-25-23-21-19-17-15-13-11-9-7-2/h8,10,14,16,19-22,25-28,30-31,33-34,46,48,70,74H,6-7,9,11-13,15,17-18,23-24,29,32,35-45,47,49-69H2,1-5H3/b10-8-,16-14-,21-19-,22-20-,27-25-,28-26-,31-30-,34-33-,48-46-. The van der Waals surface area contributed by atoms with E-state index in [1.54, 1.807) is 0 Å². The van der Waals surface area contributed by atoms with Crippen LogP contribution in [0.15, 0.2) is 109 Å². The van der Waals surface area contributed by atoms with Gasteiger partial charge in [0, 0.05) is 12.8 Å². The molecule has 0 saturated heterocycles. The molecule has 0 radical (unpaired) electrons. The molecule has 0 N–H and O–H groups in total. The third-order valence-electron chi connectivity index (χ3n) is 14.5. The van der Waals surface area contributed by atoms with Gasteiger partial charge in [-0.2, -0.15) is 0 Å². The van der Waals surface area contributed by atoms with Crippen LogP contribution in [0.2, 0.25) is 0 Å². The number of esters is 2. The Balaban J connectivity index is 4.10. The Morgan fingerprint density at radius 3 is 1.02 bits per heavy atom. The molecule has 0 aliphatic rings. The number of carbonyl (C=O) groups is 3. The van der Waals surface area contributed by atoms with Crippen molar-refractivity contribution < 1.29 is 42.9 Å². The normalized spacial score (nSPS) is 13.4. The van der Waals surface area contributed by atoms with Crippen molar-refractivity contribution >= 4 is 17.9 Å². The minimum Gasteiger partial charge on any atom is -0.545 e. The van der Waals surface area contributed by atoms with Gasteiger partial charge in [-0.1, -0.05) is 277 Å². The second-order valence-electron chi connectivity index (χ2n) is 23.7. The number of quaternary nitrogens is 1. The van der Waals surface area contributed by atoms with E-state index in [9.17, 15) is 19.5 Å². The predicted molar refractivity (Wildman–Crippen MR) is 352 cm³/mol. The van der Waals surface area contributed by atoms with Gasteiger partial charge in [0.2, 0.25) is 0 Å². The van der Waals surface area contributed by atoms with E-state index in [1.807, 2.05) is 21.1 Å². The average molecular weight is 1160 g/mol. The molecule has 0 spiro atoms. The van der Waals surface area contributed by atoms with Gasteiger partial charge in [0.05, 0.1) is 40.3 Å². The number of likely N-dealkylation sites (N-methyl/N-ethyl adjacent to an activating group) is 1. The van der Waals surface area contributed by atoms with Crippen molar-refractivity contribution in [2.45, 2.75) is 296 Å². The molecule has 476 valence electrons. The molecule has 2 atom stereocenters. The van der Waals surface area contributed by atoms with Crippen LogP contribution >= 0.6 is 0 Å². The van der Waals surface area contributed by atoms with E-state index in [2.05, 4.69) is 123 Å². The second kappa shape index (κ2) is 64.0. The number of aliphatic carboxylic acids is 1. The van der Waals surface area contributed by atoms with Gasteiger partial charge in [-0.25, -0.2) is 0 Å². The molecule has 0 aromatic carbocycles. The minimum atomic E-state index is -1.63. The number of unbranched alkanes of at least 4 members (excludes halogenated alkanes) is 29. The zero-order valence-electron chi connectivity index (χ0n) is 54.3. The van der Waals surface area contributed by atoms with Crippen molar-refractivity contribution in [2.75, 3.05) is 47.5 Å². The topological polar surface area (TPSA) is 111 Å². The molecule has 9 nitrogen and oxygen atoms in total. The van der Waals surface area contributed by atoms with Crippen LogP contribution in [-0.4, -0.2) is 82.3 Å². The molecule has 0 saturated carbocycles. The molecule has 0 aromatic rings. The zero-order chi connectivity index (χ0) is 60.5. The largest absolute Gasteiger partial charge is 0.545 e. The molecular weight excluding hydrogens is 1030 g/mol. The van der Waals surface area contributed by atoms with Crippen LogP contribution in [0.4, 0.5) is 0 Å². The zero-order valence-corrected chi connectivity index (χ0v) is 54.3. The Bertz CT molecular complexity index is 1730. The first kappa shape index (κ1) is 79.0. The Kier molecular flexibility index (Phi) is 60.8. The first-order valence-corrected chi connectivity index (χ1v) is 34.0. The minimum absolute atomic E-state index is 0.142. The molecule has 0 heterocycles. The van der Waals surface area contributed by atoms with Crippen LogP contribution in [0.25, 0.3) is 0 Å².